The van der Waals surface area contributed by atoms with Gasteiger partial charge in [-0.2, -0.15) is 5.10 Å². The zero-order valence-electron chi connectivity index (χ0n) is 13.3. The van der Waals surface area contributed by atoms with Crippen molar-refractivity contribution in [1.82, 2.24) is 19.7 Å². The lowest BCUT2D eigenvalue weighted by Gasteiger charge is -2.44. The van der Waals surface area contributed by atoms with Crippen LogP contribution < -0.4 is 0 Å². The molecular formula is C18H20N4S. The summed E-state index contributed by atoms with van der Waals surface area (Å²) in [6.45, 7) is 5.74. The first-order valence-corrected chi connectivity index (χ1v) is 9.28. The SMILES string of the molecule is Cc1csc(-c2ccc3cnn([C@@H]4CN5CCC4CC5)c3c2)n1. The van der Waals surface area contributed by atoms with Crippen molar-refractivity contribution < 1.29 is 0 Å². The molecule has 0 spiro atoms. The minimum Gasteiger partial charge on any atom is -0.301 e. The van der Waals surface area contributed by atoms with Crippen LogP contribution in [0.15, 0.2) is 29.8 Å². The molecule has 1 atom stereocenters. The largest absolute Gasteiger partial charge is 0.301 e. The lowest BCUT2D eigenvalue weighted by Crippen LogP contribution is -2.48. The lowest BCUT2D eigenvalue weighted by atomic mass is 9.84. The first kappa shape index (κ1) is 13.7. The summed E-state index contributed by atoms with van der Waals surface area (Å²) in [5.74, 6) is 0.786. The standard InChI is InChI=1S/C18H20N4S/c1-12-11-23-18(20-12)14-2-3-15-9-19-22(16(15)8-14)17-10-21-6-4-13(17)5-7-21/h2-3,8-9,11,13,17H,4-7,10H2,1H3/t17-/m1/s1. The molecule has 3 fully saturated rings. The molecule has 0 unspecified atom stereocenters. The van der Waals surface area contributed by atoms with Gasteiger partial charge in [-0.25, -0.2) is 4.98 Å². The molecule has 5 heteroatoms. The third-order valence-corrected chi connectivity index (χ3v) is 6.41. The van der Waals surface area contributed by atoms with Crippen molar-refractivity contribution in [1.29, 1.82) is 0 Å². The van der Waals surface area contributed by atoms with E-state index >= 15 is 0 Å². The Balaban J connectivity index is 1.59. The number of aromatic nitrogens is 3. The molecule has 6 rings (SSSR count). The number of hydrogen-bond acceptors (Lipinski definition) is 4. The summed E-state index contributed by atoms with van der Waals surface area (Å²) in [5, 5.41) is 9.20. The van der Waals surface area contributed by atoms with Crippen LogP contribution >= 0.6 is 11.3 Å². The zero-order valence-corrected chi connectivity index (χ0v) is 14.1. The molecular weight excluding hydrogens is 304 g/mol. The number of aryl methyl sites for hydroxylation is 1. The van der Waals surface area contributed by atoms with Gasteiger partial charge in [0.05, 0.1) is 17.8 Å². The van der Waals surface area contributed by atoms with E-state index in [0.717, 1.165) is 23.2 Å². The summed E-state index contributed by atoms with van der Waals surface area (Å²) in [6, 6.07) is 7.16. The Labute approximate surface area is 139 Å². The Bertz CT molecular complexity index is 857. The van der Waals surface area contributed by atoms with Crippen molar-refractivity contribution in [3.05, 3.63) is 35.5 Å². The maximum atomic E-state index is 4.75. The number of piperidine rings is 3. The molecule has 4 nitrogen and oxygen atoms in total. The third kappa shape index (κ3) is 2.22. The molecule has 0 aliphatic carbocycles. The van der Waals surface area contributed by atoms with E-state index in [0.29, 0.717) is 6.04 Å². The predicted molar refractivity (Wildman–Crippen MR) is 93.8 cm³/mol. The highest BCUT2D eigenvalue weighted by Gasteiger charge is 2.36. The van der Waals surface area contributed by atoms with E-state index in [4.69, 9.17) is 5.10 Å². The van der Waals surface area contributed by atoms with E-state index in [2.05, 4.69) is 45.1 Å². The lowest BCUT2D eigenvalue weighted by molar-refractivity contribution is 0.0534. The summed E-state index contributed by atoms with van der Waals surface area (Å²) < 4.78 is 2.29. The summed E-state index contributed by atoms with van der Waals surface area (Å²) in [7, 11) is 0. The van der Waals surface area contributed by atoms with Gasteiger partial charge in [0, 0.05) is 28.6 Å². The van der Waals surface area contributed by atoms with Crippen molar-refractivity contribution in [2.75, 3.05) is 19.6 Å². The van der Waals surface area contributed by atoms with E-state index in [1.54, 1.807) is 11.3 Å². The van der Waals surface area contributed by atoms with E-state index in [1.807, 2.05) is 6.20 Å². The van der Waals surface area contributed by atoms with Gasteiger partial charge in [0.25, 0.3) is 0 Å². The topological polar surface area (TPSA) is 34.0 Å². The molecule has 2 bridgehead atoms. The van der Waals surface area contributed by atoms with E-state index in [-0.39, 0.29) is 0 Å². The second kappa shape index (κ2) is 5.14. The number of hydrogen-bond donors (Lipinski definition) is 0. The van der Waals surface area contributed by atoms with Gasteiger partial charge in [-0.1, -0.05) is 12.1 Å². The normalized spacial score (nSPS) is 26.9. The first-order chi connectivity index (χ1) is 11.3. The third-order valence-electron chi connectivity index (χ3n) is 5.40. The van der Waals surface area contributed by atoms with E-state index in [9.17, 15) is 0 Å². The van der Waals surface area contributed by atoms with Gasteiger partial charge >= 0.3 is 0 Å². The second-order valence-corrected chi connectivity index (χ2v) is 7.72. The number of rotatable bonds is 2. The van der Waals surface area contributed by atoms with Crippen LogP contribution in [0.2, 0.25) is 0 Å². The van der Waals surface area contributed by atoms with Gasteiger partial charge in [0.2, 0.25) is 0 Å². The Morgan fingerprint density at radius 3 is 2.78 bits per heavy atom. The minimum atomic E-state index is 0.531. The van der Waals surface area contributed by atoms with Crippen molar-refractivity contribution in [2.45, 2.75) is 25.8 Å². The van der Waals surface area contributed by atoms with Crippen molar-refractivity contribution in [3.63, 3.8) is 0 Å². The second-order valence-electron chi connectivity index (χ2n) is 6.86. The number of fused-ring (bicyclic) bond motifs is 4. The van der Waals surface area contributed by atoms with Crippen LogP contribution in [0.25, 0.3) is 21.5 Å². The van der Waals surface area contributed by atoms with Gasteiger partial charge in [0.1, 0.15) is 5.01 Å². The fraction of sp³-hybridized carbons (Fsp3) is 0.444. The fourth-order valence-electron chi connectivity index (χ4n) is 4.13. The molecule has 5 heterocycles. The van der Waals surface area contributed by atoms with Crippen molar-refractivity contribution >= 4 is 22.2 Å². The highest BCUT2D eigenvalue weighted by molar-refractivity contribution is 7.13. The molecule has 0 saturated carbocycles. The molecule has 0 radical (unpaired) electrons. The van der Waals surface area contributed by atoms with Gasteiger partial charge in [0.15, 0.2) is 0 Å². The summed E-state index contributed by atoms with van der Waals surface area (Å²) in [6.07, 6.45) is 4.65. The average Bonchev–Trinajstić information content (AvgIpc) is 3.21. The molecule has 0 N–H and O–H groups in total. The van der Waals surface area contributed by atoms with Crippen LogP contribution in [0.1, 0.15) is 24.6 Å². The van der Waals surface area contributed by atoms with Crippen molar-refractivity contribution in [2.24, 2.45) is 5.92 Å². The van der Waals surface area contributed by atoms with Crippen LogP contribution in [0.4, 0.5) is 0 Å². The quantitative estimate of drug-likeness (QED) is 0.720. The highest BCUT2D eigenvalue weighted by Crippen LogP contribution is 2.37. The van der Waals surface area contributed by atoms with Crippen LogP contribution in [-0.4, -0.2) is 39.3 Å². The fourth-order valence-corrected chi connectivity index (χ4v) is 4.93. The molecule has 3 aliphatic rings. The van der Waals surface area contributed by atoms with Crippen LogP contribution in [0, 0.1) is 12.8 Å². The Hall–Kier alpha value is -1.72. The summed E-state index contributed by atoms with van der Waals surface area (Å²) in [4.78, 5) is 7.22. The first-order valence-electron chi connectivity index (χ1n) is 8.40. The van der Waals surface area contributed by atoms with Gasteiger partial charge in [-0.15, -0.1) is 11.3 Å². The molecule has 0 amide bonds. The van der Waals surface area contributed by atoms with Gasteiger partial charge in [-0.3, -0.25) is 4.68 Å². The Kier molecular flexibility index (Phi) is 3.06. The molecule has 3 saturated heterocycles. The average molecular weight is 324 g/mol. The summed E-state index contributed by atoms with van der Waals surface area (Å²) in [5.41, 5.74) is 3.56. The maximum absolute atomic E-state index is 4.75. The predicted octanol–water partition coefficient (Wildman–Crippen LogP) is 3.73. The number of thiazole rings is 1. The molecule has 2 aromatic heterocycles. The molecule has 3 aliphatic heterocycles. The van der Waals surface area contributed by atoms with Gasteiger partial charge in [-0.05, 0) is 44.8 Å². The van der Waals surface area contributed by atoms with Crippen LogP contribution in [0.3, 0.4) is 0 Å². The highest BCUT2D eigenvalue weighted by atomic mass is 32.1. The molecule has 23 heavy (non-hydrogen) atoms. The van der Waals surface area contributed by atoms with E-state index < -0.39 is 0 Å². The van der Waals surface area contributed by atoms with E-state index in [1.165, 1.54) is 42.4 Å². The molecule has 118 valence electrons. The monoisotopic (exact) mass is 324 g/mol. The summed E-state index contributed by atoms with van der Waals surface area (Å²) >= 11 is 1.72. The smallest absolute Gasteiger partial charge is 0.123 e. The van der Waals surface area contributed by atoms with Crippen molar-refractivity contribution in [3.8, 4) is 10.6 Å². The van der Waals surface area contributed by atoms with Crippen LogP contribution in [0.5, 0.6) is 0 Å². The van der Waals surface area contributed by atoms with Crippen LogP contribution in [-0.2, 0) is 0 Å². The number of benzene rings is 1. The molecule has 3 aromatic rings. The van der Waals surface area contributed by atoms with Gasteiger partial charge < -0.3 is 4.90 Å². The molecule has 1 aromatic carbocycles. The Morgan fingerprint density at radius 2 is 2.09 bits per heavy atom. The maximum Gasteiger partial charge on any atom is 0.123 e. The number of nitrogens with zero attached hydrogens (tertiary/aromatic N) is 4. The minimum absolute atomic E-state index is 0.531. The Morgan fingerprint density at radius 1 is 1.22 bits per heavy atom. The zero-order chi connectivity index (χ0) is 15.4.